The Hall–Kier alpha value is -1.85. The van der Waals surface area contributed by atoms with Crippen molar-refractivity contribution < 1.29 is 19.1 Å². The number of ether oxygens (including phenoxy) is 2. The van der Waals surface area contributed by atoms with Crippen LogP contribution in [0, 0.1) is 0 Å². The quantitative estimate of drug-likeness (QED) is 0.720. The Bertz CT molecular complexity index is 375. The van der Waals surface area contributed by atoms with Crippen LogP contribution in [-0.4, -0.2) is 35.9 Å². The molecule has 0 bridgehead atoms. The summed E-state index contributed by atoms with van der Waals surface area (Å²) in [7, 11) is 2.48. The molecule has 0 saturated heterocycles. The first kappa shape index (κ1) is 12.2. The smallest absolute Gasteiger partial charge is 0.359 e. The molecule has 88 valence electrons. The van der Waals surface area contributed by atoms with E-state index in [4.69, 9.17) is 0 Å². The van der Waals surface area contributed by atoms with Gasteiger partial charge in [0.1, 0.15) is 5.56 Å². The van der Waals surface area contributed by atoms with E-state index in [1.165, 1.54) is 25.1 Å². The molecule has 6 heteroatoms. The van der Waals surface area contributed by atoms with Gasteiger partial charge in [-0.3, -0.25) is 4.68 Å². The van der Waals surface area contributed by atoms with E-state index in [1.807, 2.05) is 13.8 Å². The van der Waals surface area contributed by atoms with Crippen LogP contribution in [0.3, 0.4) is 0 Å². The highest BCUT2D eigenvalue weighted by Crippen LogP contribution is 2.13. The fraction of sp³-hybridized carbons (Fsp3) is 0.500. The predicted octanol–water partition coefficient (Wildman–Crippen LogP) is 1.04. The molecule has 1 rings (SSSR count). The van der Waals surface area contributed by atoms with Crippen LogP contribution >= 0.6 is 0 Å². The number of nitrogens with zero attached hydrogens (tertiary/aromatic N) is 2. The fourth-order valence-electron chi connectivity index (χ4n) is 1.16. The molecule has 0 fully saturated rings. The van der Waals surface area contributed by atoms with E-state index in [0.717, 1.165) is 0 Å². The van der Waals surface area contributed by atoms with Crippen LogP contribution in [0.4, 0.5) is 0 Å². The Labute approximate surface area is 93.1 Å². The lowest BCUT2D eigenvalue weighted by Crippen LogP contribution is -2.10. The van der Waals surface area contributed by atoms with Crippen LogP contribution < -0.4 is 0 Å². The van der Waals surface area contributed by atoms with E-state index in [2.05, 4.69) is 14.6 Å². The predicted molar refractivity (Wildman–Crippen MR) is 55.3 cm³/mol. The summed E-state index contributed by atoms with van der Waals surface area (Å²) in [5, 5.41) is 3.99. The van der Waals surface area contributed by atoms with Crippen molar-refractivity contribution in [2.24, 2.45) is 0 Å². The molecule has 0 aliphatic heterocycles. The summed E-state index contributed by atoms with van der Waals surface area (Å²) in [5.74, 6) is -1.26. The molecule has 1 heterocycles. The molecular weight excluding hydrogens is 212 g/mol. The zero-order valence-corrected chi connectivity index (χ0v) is 9.68. The molecule has 0 N–H and O–H groups in total. The lowest BCUT2D eigenvalue weighted by atomic mass is 10.2. The Morgan fingerprint density at radius 3 is 2.25 bits per heavy atom. The van der Waals surface area contributed by atoms with Crippen LogP contribution in [0.15, 0.2) is 6.20 Å². The Balaban J connectivity index is 3.22. The second kappa shape index (κ2) is 4.78. The highest BCUT2D eigenvalue weighted by molar-refractivity contribution is 6.01. The van der Waals surface area contributed by atoms with E-state index < -0.39 is 11.9 Å². The van der Waals surface area contributed by atoms with Gasteiger partial charge in [0, 0.05) is 12.2 Å². The summed E-state index contributed by atoms with van der Waals surface area (Å²) in [6.07, 6.45) is 1.47. The topological polar surface area (TPSA) is 70.4 Å². The number of hydrogen-bond donors (Lipinski definition) is 0. The van der Waals surface area contributed by atoms with Crippen LogP contribution in [0.5, 0.6) is 0 Å². The molecule has 0 radical (unpaired) electrons. The lowest BCUT2D eigenvalue weighted by Gasteiger charge is -2.02. The third-order valence-electron chi connectivity index (χ3n) is 2.05. The van der Waals surface area contributed by atoms with E-state index in [1.54, 1.807) is 0 Å². The van der Waals surface area contributed by atoms with Crippen molar-refractivity contribution in [3.05, 3.63) is 17.5 Å². The van der Waals surface area contributed by atoms with Gasteiger partial charge in [0.15, 0.2) is 5.69 Å². The highest BCUT2D eigenvalue weighted by atomic mass is 16.5. The summed E-state index contributed by atoms with van der Waals surface area (Å²) in [6.45, 7) is 3.77. The summed E-state index contributed by atoms with van der Waals surface area (Å²) in [4.78, 5) is 22.8. The molecule has 1 aromatic rings. The number of esters is 2. The molecule has 0 amide bonds. The molecule has 0 aliphatic carbocycles. The van der Waals surface area contributed by atoms with Gasteiger partial charge in [-0.05, 0) is 13.8 Å². The molecule has 16 heavy (non-hydrogen) atoms. The molecule has 6 nitrogen and oxygen atoms in total. The van der Waals surface area contributed by atoms with E-state index >= 15 is 0 Å². The SMILES string of the molecule is COC(=O)c1cn(C(C)C)nc1C(=O)OC. The summed E-state index contributed by atoms with van der Waals surface area (Å²) >= 11 is 0. The molecule has 1 aromatic heterocycles. The molecule has 0 aliphatic rings. The minimum atomic E-state index is -0.653. The summed E-state index contributed by atoms with van der Waals surface area (Å²) in [6, 6.07) is 0.0433. The zero-order chi connectivity index (χ0) is 12.3. The van der Waals surface area contributed by atoms with Crippen molar-refractivity contribution in [1.82, 2.24) is 9.78 Å². The van der Waals surface area contributed by atoms with Crippen molar-refractivity contribution in [1.29, 1.82) is 0 Å². The largest absolute Gasteiger partial charge is 0.465 e. The summed E-state index contributed by atoms with van der Waals surface area (Å²) in [5.41, 5.74) is 0.0890. The minimum Gasteiger partial charge on any atom is -0.465 e. The van der Waals surface area contributed by atoms with E-state index in [0.29, 0.717) is 0 Å². The third kappa shape index (κ3) is 2.21. The highest BCUT2D eigenvalue weighted by Gasteiger charge is 2.23. The van der Waals surface area contributed by atoms with Crippen molar-refractivity contribution in [2.75, 3.05) is 14.2 Å². The average Bonchev–Trinajstić information content (AvgIpc) is 2.71. The Morgan fingerprint density at radius 2 is 1.81 bits per heavy atom. The number of methoxy groups -OCH3 is 2. The van der Waals surface area contributed by atoms with Gasteiger partial charge in [-0.15, -0.1) is 0 Å². The second-order valence-electron chi connectivity index (χ2n) is 3.45. The van der Waals surface area contributed by atoms with Crippen molar-refractivity contribution in [2.45, 2.75) is 19.9 Å². The molecule has 0 atom stereocenters. The second-order valence-corrected chi connectivity index (χ2v) is 3.45. The number of carbonyl (C=O) groups excluding carboxylic acids is 2. The lowest BCUT2D eigenvalue weighted by molar-refractivity contribution is 0.0551. The maximum absolute atomic E-state index is 11.4. The molecule has 0 saturated carbocycles. The Morgan fingerprint density at radius 1 is 1.25 bits per heavy atom. The van der Waals surface area contributed by atoms with Crippen molar-refractivity contribution in [3.63, 3.8) is 0 Å². The van der Waals surface area contributed by atoms with Gasteiger partial charge in [0.05, 0.1) is 14.2 Å². The minimum absolute atomic E-state index is 0.0250. The number of hydrogen-bond acceptors (Lipinski definition) is 5. The maximum atomic E-state index is 11.4. The van der Waals surface area contributed by atoms with Gasteiger partial charge in [-0.25, -0.2) is 9.59 Å². The normalized spacial score (nSPS) is 10.3. The number of carbonyl (C=O) groups is 2. The van der Waals surface area contributed by atoms with Crippen LogP contribution in [0.25, 0.3) is 0 Å². The fourth-order valence-corrected chi connectivity index (χ4v) is 1.16. The van der Waals surface area contributed by atoms with Crippen LogP contribution in [-0.2, 0) is 9.47 Å². The maximum Gasteiger partial charge on any atom is 0.359 e. The van der Waals surface area contributed by atoms with Gasteiger partial charge < -0.3 is 9.47 Å². The summed E-state index contributed by atoms with van der Waals surface area (Å²) < 4.78 is 10.6. The van der Waals surface area contributed by atoms with Gasteiger partial charge in [0.25, 0.3) is 0 Å². The average molecular weight is 226 g/mol. The first-order valence-electron chi connectivity index (χ1n) is 4.77. The molecule has 0 spiro atoms. The first-order valence-corrected chi connectivity index (χ1v) is 4.77. The van der Waals surface area contributed by atoms with Gasteiger partial charge >= 0.3 is 11.9 Å². The van der Waals surface area contributed by atoms with E-state index in [-0.39, 0.29) is 17.3 Å². The van der Waals surface area contributed by atoms with Crippen LogP contribution in [0.1, 0.15) is 40.7 Å². The molecular formula is C10H14N2O4. The Kier molecular flexibility index (Phi) is 3.65. The number of rotatable bonds is 3. The van der Waals surface area contributed by atoms with Crippen LogP contribution in [0.2, 0.25) is 0 Å². The third-order valence-corrected chi connectivity index (χ3v) is 2.05. The van der Waals surface area contributed by atoms with E-state index in [9.17, 15) is 9.59 Å². The van der Waals surface area contributed by atoms with Crippen molar-refractivity contribution in [3.8, 4) is 0 Å². The monoisotopic (exact) mass is 226 g/mol. The molecule has 0 unspecified atom stereocenters. The van der Waals surface area contributed by atoms with Gasteiger partial charge in [0.2, 0.25) is 0 Å². The first-order chi connectivity index (χ1) is 7.51. The van der Waals surface area contributed by atoms with Gasteiger partial charge in [-0.2, -0.15) is 5.10 Å². The number of aromatic nitrogens is 2. The zero-order valence-electron chi connectivity index (χ0n) is 9.68. The van der Waals surface area contributed by atoms with Gasteiger partial charge in [-0.1, -0.05) is 0 Å². The van der Waals surface area contributed by atoms with Crippen molar-refractivity contribution >= 4 is 11.9 Å². The standard InChI is InChI=1S/C10H14N2O4/c1-6(2)12-5-7(9(13)15-3)8(11-12)10(14)16-4/h5-6H,1-4H3. The molecule has 0 aromatic carbocycles.